The van der Waals surface area contributed by atoms with Crippen molar-refractivity contribution in [2.75, 3.05) is 4.90 Å². The second-order valence-electron chi connectivity index (χ2n) is 4.22. The molecule has 1 aliphatic heterocycles. The number of nitrogens with two attached hydrogens (primary N) is 2. The van der Waals surface area contributed by atoms with Crippen molar-refractivity contribution in [3.05, 3.63) is 29.3 Å². The van der Waals surface area contributed by atoms with E-state index in [2.05, 4.69) is 9.98 Å². The van der Waals surface area contributed by atoms with E-state index in [1.807, 2.05) is 32.0 Å². The van der Waals surface area contributed by atoms with Crippen molar-refractivity contribution in [2.24, 2.45) is 21.5 Å². The van der Waals surface area contributed by atoms with Crippen molar-refractivity contribution in [1.29, 1.82) is 0 Å². The average Bonchev–Trinajstić information content (AvgIpc) is 2.18. The Balaban J connectivity index is 0.00000162. The zero-order chi connectivity index (χ0) is 12.6. The molecule has 0 radical (unpaired) electrons. The minimum absolute atomic E-state index is 0. The first-order valence-corrected chi connectivity index (χ1v) is 5.54. The number of hydrogen-bond acceptors (Lipinski definition) is 5. The lowest BCUT2D eigenvalue weighted by molar-refractivity contribution is 0.534. The summed E-state index contributed by atoms with van der Waals surface area (Å²) in [6, 6.07) is 7.39. The second-order valence-corrected chi connectivity index (χ2v) is 4.63. The Bertz CT molecular complexity index is 512. The molecule has 7 heteroatoms. The Labute approximate surface area is 121 Å². The number of anilines is 1. The van der Waals surface area contributed by atoms with Gasteiger partial charge in [0.15, 0.2) is 0 Å². The molecule has 0 bridgehead atoms. The van der Waals surface area contributed by atoms with E-state index in [1.54, 1.807) is 11.0 Å². The number of benzene rings is 1. The Hall–Kier alpha value is -1.27. The van der Waals surface area contributed by atoms with Gasteiger partial charge in [-0.15, -0.1) is 17.0 Å². The topological polar surface area (TPSA) is 80.0 Å². The molecule has 0 spiro atoms. The highest BCUT2D eigenvalue weighted by Crippen LogP contribution is 2.32. The van der Waals surface area contributed by atoms with E-state index in [4.69, 9.17) is 23.1 Å². The summed E-state index contributed by atoms with van der Waals surface area (Å²) in [7, 11) is 0. The first kappa shape index (κ1) is 14.8. The van der Waals surface area contributed by atoms with Crippen LogP contribution in [0.25, 0.3) is 0 Å². The zero-order valence-electron chi connectivity index (χ0n) is 10.1. The van der Waals surface area contributed by atoms with Crippen LogP contribution in [0.15, 0.2) is 34.3 Å². The van der Waals surface area contributed by atoms with Gasteiger partial charge in [0.2, 0.25) is 11.9 Å². The molecule has 0 aromatic heterocycles. The smallest absolute Gasteiger partial charge is 0.220 e. The van der Waals surface area contributed by atoms with E-state index in [0.717, 1.165) is 5.69 Å². The van der Waals surface area contributed by atoms with Crippen LogP contribution >= 0.6 is 28.6 Å². The summed E-state index contributed by atoms with van der Waals surface area (Å²) in [6.07, 6.45) is 0. The van der Waals surface area contributed by atoms with Crippen LogP contribution in [0, 0.1) is 0 Å². The Morgan fingerprint density at radius 3 is 2.39 bits per heavy atom. The summed E-state index contributed by atoms with van der Waals surface area (Å²) in [5.41, 5.74) is 11.7. The van der Waals surface area contributed by atoms with Crippen molar-refractivity contribution >= 4 is 46.2 Å². The van der Waals surface area contributed by atoms with Crippen LogP contribution in [0.5, 0.6) is 0 Å². The molecule has 1 aromatic carbocycles. The quantitative estimate of drug-likeness (QED) is 0.826. The number of guanidine groups is 2. The van der Waals surface area contributed by atoms with Crippen molar-refractivity contribution < 1.29 is 0 Å². The third-order valence-corrected chi connectivity index (χ3v) is 2.81. The van der Waals surface area contributed by atoms with Crippen LogP contribution < -0.4 is 16.4 Å². The van der Waals surface area contributed by atoms with Crippen LogP contribution in [0.1, 0.15) is 13.8 Å². The van der Waals surface area contributed by atoms with Crippen LogP contribution in [-0.4, -0.2) is 17.6 Å². The summed E-state index contributed by atoms with van der Waals surface area (Å²) in [5.74, 6) is 0.464. The number of nitrogens with zero attached hydrogens (tertiary/aromatic N) is 3. The Morgan fingerprint density at radius 1 is 1.22 bits per heavy atom. The van der Waals surface area contributed by atoms with Crippen LogP contribution in [0.4, 0.5) is 5.69 Å². The fourth-order valence-corrected chi connectivity index (χ4v) is 2.07. The number of halogens is 2. The molecule has 0 saturated carbocycles. The third kappa shape index (κ3) is 2.59. The normalized spacial score (nSPS) is 17.6. The lowest BCUT2D eigenvalue weighted by atomic mass is 10.1. The molecule has 4 N–H and O–H groups in total. The van der Waals surface area contributed by atoms with Gasteiger partial charge in [0.05, 0.1) is 10.7 Å². The van der Waals surface area contributed by atoms with Gasteiger partial charge in [0, 0.05) is 0 Å². The summed E-state index contributed by atoms with van der Waals surface area (Å²) >= 11 is 6.15. The molecule has 0 fully saturated rings. The Morgan fingerprint density at radius 2 is 1.83 bits per heavy atom. The fourth-order valence-electron chi connectivity index (χ4n) is 1.85. The lowest BCUT2D eigenvalue weighted by Crippen LogP contribution is -2.54. The SMILES string of the molecule is Br.CC1(C)N=C(N)N=C(N)N1c1ccccc1Cl. The summed E-state index contributed by atoms with van der Waals surface area (Å²) < 4.78 is 0. The van der Waals surface area contributed by atoms with Gasteiger partial charge < -0.3 is 11.5 Å². The van der Waals surface area contributed by atoms with E-state index >= 15 is 0 Å². The molecule has 1 heterocycles. The predicted octanol–water partition coefficient (Wildman–Crippen LogP) is 2.10. The van der Waals surface area contributed by atoms with Crippen LogP contribution in [-0.2, 0) is 0 Å². The number of hydrogen-bond donors (Lipinski definition) is 2. The van der Waals surface area contributed by atoms with E-state index < -0.39 is 5.66 Å². The highest BCUT2D eigenvalue weighted by atomic mass is 79.9. The summed E-state index contributed by atoms with van der Waals surface area (Å²) in [5, 5.41) is 0.592. The van der Waals surface area contributed by atoms with Gasteiger partial charge in [-0.05, 0) is 26.0 Å². The first-order chi connectivity index (χ1) is 7.92. The monoisotopic (exact) mass is 331 g/mol. The van der Waals surface area contributed by atoms with Gasteiger partial charge >= 0.3 is 0 Å². The second kappa shape index (κ2) is 5.16. The lowest BCUT2D eigenvalue weighted by Gasteiger charge is -2.38. The van der Waals surface area contributed by atoms with Crippen molar-refractivity contribution in [3.8, 4) is 0 Å². The van der Waals surface area contributed by atoms with Crippen LogP contribution in [0.3, 0.4) is 0 Å². The van der Waals surface area contributed by atoms with Crippen molar-refractivity contribution in [2.45, 2.75) is 19.5 Å². The largest absolute Gasteiger partial charge is 0.369 e. The third-order valence-electron chi connectivity index (χ3n) is 2.49. The minimum atomic E-state index is -0.610. The van der Waals surface area contributed by atoms with Gasteiger partial charge in [-0.25, -0.2) is 4.99 Å². The van der Waals surface area contributed by atoms with E-state index in [9.17, 15) is 0 Å². The molecule has 98 valence electrons. The summed E-state index contributed by atoms with van der Waals surface area (Å²) in [6.45, 7) is 3.79. The molecule has 0 saturated heterocycles. The van der Waals surface area contributed by atoms with E-state index in [1.165, 1.54) is 0 Å². The first-order valence-electron chi connectivity index (χ1n) is 5.16. The van der Waals surface area contributed by atoms with E-state index in [-0.39, 0.29) is 28.9 Å². The average molecular weight is 333 g/mol. The van der Waals surface area contributed by atoms with E-state index in [0.29, 0.717) is 5.02 Å². The van der Waals surface area contributed by atoms with Gasteiger partial charge in [-0.2, -0.15) is 4.99 Å². The van der Waals surface area contributed by atoms with Gasteiger partial charge in [0.25, 0.3) is 0 Å². The predicted molar refractivity (Wildman–Crippen MR) is 81.6 cm³/mol. The van der Waals surface area contributed by atoms with Crippen LogP contribution in [0.2, 0.25) is 5.02 Å². The summed E-state index contributed by atoms with van der Waals surface area (Å²) in [4.78, 5) is 9.98. The number of para-hydroxylation sites is 1. The molecular weight excluding hydrogens is 318 g/mol. The maximum Gasteiger partial charge on any atom is 0.220 e. The molecule has 1 aliphatic rings. The standard InChI is InChI=1S/C11H14ClN5.BrH/c1-11(2)16-9(13)15-10(14)17(11)8-6-4-3-5-7(8)12;/h3-6H,1-2H3,(H4,13,14,15,16);1H. The van der Waals surface area contributed by atoms with Gasteiger partial charge in [0.1, 0.15) is 5.66 Å². The highest BCUT2D eigenvalue weighted by Gasteiger charge is 2.33. The zero-order valence-corrected chi connectivity index (χ0v) is 12.6. The molecule has 0 atom stereocenters. The maximum absolute atomic E-state index is 6.15. The number of rotatable bonds is 1. The molecule has 0 amide bonds. The highest BCUT2D eigenvalue weighted by molar-refractivity contribution is 8.93. The maximum atomic E-state index is 6.15. The number of aliphatic imine (C=N–C) groups is 2. The molecule has 0 aliphatic carbocycles. The Kier molecular flexibility index (Phi) is 4.24. The molecule has 5 nitrogen and oxygen atoms in total. The molecule has 2 rings (SSSR count). The molecule has 1 aromatic rings. The van der Waals surface area contributed by atoms with Crippen molar-refractivity contribution in [3.63, 3.8) is 0 Å². The molecule has 0 unspecified atom stereocenters. The van der Waals surface area contributed by atoms with Crippen molar-refractivity contribution in [1.82, 2.24) is 0 Å². The van der Waals surface area contributed by atoms with Gasteiger partial charge in [-0.1, -0.05) is 23.7 Å². The molecule has 18 heavy (non-hydrogen) atoms. The fraction of sp³-hybridized carbons (Fsp3) is 0.273. The van der Waals surface area contributed by atoms with Gasteiger partial charge in [-0.3, -0.25) is 4.90 Å². The minimum Gasteiger partial charge on any atom is -0.369 e. The molecular formula is C11H15BrClN5.